The molecule has 0 atom stereocenters. The van der Waals surface area contributed by atoms with Crippen molar-refractivity contribution in [3.63, 3.8) is 0 Å². The second-order valence-corrected chi connectivity index (χ2v) is 5.56. The minimum Gasteiger partial charge on any atom is -0.367 e. The molecule has 0 spiro atoms. The molecule has 1 aliphatic rings. The molecule has 0 unspecified atom stereocenters. The standard InChI is InChI=1S/C16H19ClN4/c17-14-3-1-2-4-15(14)20-7-9-21(10-8-20)16-11-13(12-18)5-6-19-16/h1-6,11H,7-10,12,18H2. The Morgan fingerprint density at radius 2 is 1.76 bits per heavy atom. The quantitative estimate of drug-likeness (QED) is 0.946. The van der Waals surface area contributed by atoms with Gasteiger partial charge >= 0.3 is 0 Å². The summed E-state index contributed by atoms with van der Waals surface area (Å²) in [4.78, 5) is 9.08. The number of benzene rings is 1. The summed E-state index contributed by atoms with van der Waals surface area (Å²) in [6, 6.07) is 12.0. The molecule has 0 saturated carbocycles. The first-order chi connectivity index (χ1) is 10.3. The molecular formula is C16H19ClN4. The monoisotopic (exact) mass is 302 g/mol. The van der Waals surface area contributed by atoms with E-state index >= 15 is 0 Å². The van der Waals surface area contributed by atoms with Crippen molar-refractivity contribution >= 4 is 23.1 Å². The predicted octanol–water partition coefficient (Wildman–Crippen LogP) is 2.52. The molecule has 1 aromatic heterocycles. The second-order valence-electron chi connectivity index (χ2n) is 5.15. The van der Waals surface area contributed by atoms with E-state index in [9.17, 15) is 0 Å². The minimum atomic E-state index is 0.551. The van der Waals surface area contributed by atoms with Crippen LogP contribution in [0.25, 0.3) is 0 Å². The van der Waals surface area contributed by atoms with Gasteiger partial charge in [-0.25, -0.2) is 4.98 Å². The number of nitrogens with two attached hydrogens (primary N) is 1. The van der Waals surface area contributed by atoms with Crippen molar-refractivity contribution in [2.45, 2.75) is 6.54 Å². The van der Waals surface area contributed by atoms with Crippen molar-refractivity contribution in [2.75, 3.05) is 36.0 Å². The summed E-state index contributed by atoms with van der Waals surface area (Å²) in [5, 5.41) is 0.814. The smallest absolute Gasteiger partial charge is 0.128 e. The molecule has 110 valence electrons. The van der Waals surface area contributed by atoms with Crippen LogP contribution < -0.4 is 15.5 Å². The van der Waals surface area contributed by atoms with Crippen LogP contribution in [0.5, 0.6) is 0 Å². The van der Waals surface area contributed by atoms with Gasteiger partial charge in [0.05, 0.1) is 10.7 Å². The maximum atomic E-state index is 6.27. The summed E-state index contributed by atoms with van der Waals surface area (Å²) in [7, 11) is 0. The van der Waals surface area contributed by atoms with Crippen molar-refractivity contribution in [1.82, 2.24) is 4.98 Å². The lowest BCUT2D eigenvalue weighted by Crippen LogP contribution is -2.47. The molecule has 0 bridgehead atoms. The van der Waals surface area contributed by atoms with E-state index in [1.54, 1.807) is 0 Å². The highest BCUT2D eigenvalue weighted by atomic mass is 35.5. The highest BCUT2D eigenvalue weighted by Crippen LogP contribution is 2.26. The maximum absolute atomic E-state index is 6.27. The van der Waals surface area contributed by atoms with E-state index in [1.807, 2.05) is 30.5 Å². The third kappa shape index (κ3) is 3.12. The Labute approximate surface area is 130 Å². The average molecular weight is 303 g/mol. The van der Waals surface area contributed by atoms with Gasteiger partial charge in [0.25, 0.3) is 0 Å². The van der Waals surface area contributed by atoms with E-state index in [0.29, 0.717) is 6.54 Å². The van der Waals surface area contributed by atoms with Crippen molar-refractivity contribution in [3.05, 3.63) is 53.2 Å². The normalized spacial score (nSPS) is 15.3. The number of hydrogen-bond acceptors (Lipinski definition) is 4. The Hall–Kier alpha value is -1.78. The average Bonchev–Trinajstić information content (AvgIpc) is 2.56. The van der Waals surface area contributed by atoms with Gasteiger partial charge in [0.2, 0.25) is 0 Å². The molecule has 1 aromatic carbocycles. The molecule has 1 saturated heterocycles. The van der Waals surface area contributed by atoms with E-state index in [-0.39, 0.29) is 0 Å². The van der Waals surface area contributed by atoms with Gasteiger partial charge in [0.1, 0.15) is 5.82 Å². The number of anilines is 2. The summed E-state index contributed by atoms with van der Waals surface area (Å²) < 4.78 is 0. The number of aromatic nitrogens is 1. The van der Waals surface area contributed by atoms with Crippen LogP contribution in [-0.4, -0.2) is 31.2 Å². The molecule has 3 rings (SSSR count). The van der Waals surface area contributed by atoms with Crippen LogP contribution >= 0.6 is 11.6 Å². The van der Waals surface area contributed by atoms with E-state index in [2.05, 4.69) is 26.9 Å². The number of piperazine rings is 1. The molecule has 0 aliphatic carbocycles. The Balaban J connectivity index is 1.69. The maximum Gasteiger partial charge on any atom is 0.128 e. The molecular weight excluding hydrogens is 284 g/mol. The number of hydrogen-bond donors (Lipinski definition) is 1. The van der Waals surface area contributed by atoms with Gasteiger partial charge in [-0.3, -0.25) is 0 Å². The van der Waals surface area contributed by atoms with Crippen LogP contribution in [0.1, 0.15) is 5.56 Å². The lowest BCUT2D eigenvalue weighted by Gasteiger charge is -2.37. The summed E-state index contributed by atoms with van der Waals surface area (Å²) in [6.07, 6.45) is 1.83. The zero-order chi connectivity index (χ0) is 14.7. The van der Waals surface area contributed by atoms with E-state index in [0.717, 1.165) is 48.3 Å². The van der Waals surface area contributed by atoms with Crippen LogP contribution in [0, 0.1) is 0 Å². The van der Waals surface area contributed by atoms with Crippen LogP contribution in [0.15, 0.2) is 42.6 Å². The van der Waals surface area contributed by atoms with Gasteiger partial charge < -0.3 is 15.5 Å². The fourth-order valence-corrected chi connectivity index (χ4v) is 2.90. The van der Waals surface area contributed by atoms with Gasteiger partial charge in [0.15, 0.2) is 0 Å². The summed E-state index contributed by atoms with van der Waals surface area (Å²) >= 11 is 6.27. The number of nitrogens with zero attached hydrogens (tertiary/aromatic N) is 3. The van der Waals surface area contributed by atoms with Gasteiger partial charge in [-0.05, 0) is 29.8 Å². The molecule has 1 aliphatic heterocycles. The first-order valence-corrected chi connectivity index (χ1v) is 7.55. The number of rotatable bonds is 3. The molecule has 0 radical (unpaired) electrons. The van der Waals surface area contributed by atoms with Crippen molar-refractivity contribution < 1.29 is 0 Å². The van der Waals surface area contributed by atoms with Gasteiger partial charge in [-0.15, -0.1) is 0 Å². The number of para-hydroxylation sites is 1. The first-order valence-electron chi connectivity index (χ1n) is 7.17. The van der Waals surface area contributed by atoms with E-state index < -0.39 is 0 Å². The molecule has 2 aromatic rings. The second kappa shape index (κ2) is 6.33. The topological polar surface area (TPSA) is 45.4 Å². The highest BCUT2D eigenvalue weighted by Gasteiger charge is 2.19. The van der Waals surface area contributed by atoms with Gasteiger partial charge in [-0.1, -0.05) is 23.7 Å². The SMILES string of the molecule is NCc1ccnc(N2CCN(c3ccccc3Cl)CC2)c1. The Morgan fingerprint density at radius 3 is 2.48 bits per heavy atom. The zero-order valence-electron chi connectivity index (χ0n) is 11.9. The summed E-state index contributed by atoms with van der Waals surface area (Å²) in [5.74, 6) is 1.01. The molecule has 21 heavy (non-hydrogen) atoms. The molecule has 4 nitrogen and oxygen atoms in total. The van der Waals surface area contributed by atoms with Crippen molar-refractivity contribution in [1.29, 1.82) is 0 Å². The molecule has 5 heteroatoms. The van der Waals surface area contributed by atoms with E-state index in [4.69, 9.17) is 17.3 Å². The largest absolute Gasteiger partial charge is 0.367 e. The fourth-order valence-electron chi connectivity index (χ4n) is 2.65. The van der Waals surface area contributed by atoms with Crippen molar-refractivity contribution in [2.24, 2.45) is 5.73 Å². The Kier molecular flexibility index (Phi) is 4.27. The Bertz CT molecular complexity index is 609. The summed E-state index contributed by atoms with van der Waals surface area (Å²) in [6.45, 7) is 4.31. The fraction of sp³-hybridized carbons (Fsp3) is 0.312. The number of halogens is 1. The minimum absolute atomic E-state index is 0.551. The third-order valence-electron chi connectivity index (χ3n) is 3.84. The summed E-state index contributed by atoms with van der Waals surface area (Å²) in [5.41, 5.74) is 7.93. The van der Waals surface area contributed by atoms with Crippen LogP contribution in [0.3, 0.4) is 0 Å². The number of pyridine rings is 1. The van der Waals surface area contributed by atoms with Crippen LogP contribution in [-0.2, 0) is 6.54 Å². The van der Waals surface area contributed by atoms with Gasteiger partial charge in [0, 0.05) is 38.9 Å². The Morgan fingerprint density at radius 1 is 1.05 bits per heavy atom. The predicted molar refractivity (Wildman–Crippen MR) is 88.0 cm³/mol. The third-order valence-corrected chi connectivity index (χ3v) is 4.16. The van der Waals surface area contributed by atoms with Crippen LogP contribution in [0.4, 0.5) is 11.5 Å². The molecule has 2 N–H and O–H groups in total. The molecule has 1 fully saturated rings. The zero-order valence-corrected chi connectivity index (χ0v) is 12.6. The lowest BCUT2D eigenvalue weighted by atomic mass is 10.2. The van der Waals surface area contributed by atoms with E-state index in [1.165, 1.54) is 0 Å². The van der Waals surface area contributed by atoms with Gasteiger partial charge in [-0.2, -0.15) is 0 Å². The van der Waals surface area contributed by atoms with Crippen LogP contribution in [0.2, 0.25) is 5.02 Å². The van der Waals surface area contributed by atoms with Crippen molar-refractivity contribution in [3.8, 4) is 0 Å². The lowest BCUT2D eigenvalue weighted by molar-refractivity contribution is 0.647. The molecule has 0 amide bonds. The first kappa shape index (κ1) is 14.2. The highest BCUT2D eigenvalue weighted by molar-refractivity contribution is 6.33. The molecule has 2 heterocycles.